The third-order valence-corrected chi connectivity index (χ3v) is 2.28. The fraction of sp³-hybridized carbons (Fsp3) is 0.400. The molecule has 0 aliphatic rings. The lowest BCUT2D eigenvalue weighted by atomic mass is 10.0. The van der Waals surface area contributed by atoms with E-state index < -0.39 is 0 Å². The van der Waals surface area contributed by atoms with Crippen molar-refractivity contribution in [3.63, 3.8) is 0 Å². The second-order valence-electron chi connectivity index (χ2n) is 4.01. The first-order chi connectivity index (χ1) is 6.89. The molecule has 0 atom stereocenters. The number of anilines is 1. The molecule has 82 valence electrons. The van der Waals surface area contributed by atoms with Crippen LogP contribution >= 0.6 is 15.9 Å². The summed E-state index contributed by atoms with van der Waals surface area (Å²) in [4.78, 5) is 15.0. The first-order valence-corrected chi connectivity index (χ1v) is 5.36. The molecule has 15 heavy (non-hydrogen) atoms. The maximum absolute atomic E-state index is 10.8. The summed E-state index contributed by atoms with van der Waals surface area (Å²) < 4.78 is 0.917. The number of amides is 1. The van der Waals surface area contributed by atoms with Crippen LogP contribution in [0.5, 0.6) is 0 Å². The highest BCUT2D eigenvalue weighted by Gasteiger charge is 2.20. The van der Waals surface area contributed by atoms with Crippen LogP contribution in [0.1, 0.15) is 20.3 Å². The first-order valence-electron chi connectivity index (χ1n) is 4.57. The summed E-state index contributed by atoms with van der Waals surface area (Å²) in [5, 5.41) is 3.14. The van der Waals surface area contributed by atoms with E-state index >= 15 is 0 Å². The first kappa shape index (κ1) is 12.0. The highest BCUT2D eigenvalue weighted by molar-refractivity contribution is 9.10. The fourth-order valence-electron chi connectivity index (χ4n) is 1.28. The summed E-state index contributed by atoms with van der Waals surface area (Å²) >= 11 is 3.30. The molecule has 0 spiro atoms. The van der Waals surface area contributed by atoms with Crippen LogP contribution in [0, 0.1) is 0 Å². The molecule has 0 aliphatic heterocycles. The molecular formula is C10H14BrN3O. The SMILES string of the molecule is CC(C)(CC(N)=O)Nc1ccc(Br)cn1. The van der Waals surface area contributed by atoms with Gasteiger partial charge in [0.2, 0.25) is 5.91 Å². The zero-order valence-corrected chi connectivity index (χ0v) is 10.3. The monoisotopic (exact) mass is 271 g/mol. The maximum atomic E-state index is 10.8. The fourth-order valence-corrected chi connectivity index (χ4v) is 1.51. The van der Waals surface area contributed by atoms with Crippen LogP contribution in [-0.4, -0.2) is 16.4 Å². The Labute approximate surface area is 97.4 Å². The van der Waals surface area contributed by atoms with Crippen LogP contribution in [0.15, 0.2) is 22.8 Å². The van der Waals surface area contributed by atoms with Crippen molar-refractivity contribution in [1.82, 2.24) is 4.98 Å². The van der Waals surface area contributed by atoms with Crippen LogP contribution < -0.4 is 11.1 Å². The largest absolute Gasteiger partial charge is 0.370 e. The molecule has 0 fully saturated rings. The van der Waals surface area contributed by atoms with E-state index in [1.807, 2.05) is 26.0 Å². The molecule has 0 aliphatic carbocycles. The molecule has 0 bridgehead atoms. The molecule has 0 saturated carbocycles. The molecular weight excluding hydrogens is 258 g/mol. The molecule has 0 saturated heterocycles. The van der Waals surface area contributed by atoms with E-state index in [4.69, 9.17) is 5.73 Å². The summed E-state index contributed by atoms with van der Waals surface area (Å²) in [5.74, 6) is 0.397. The molecule has 4 nitrogen and oxygen atoms in total. The van der Waals surface area contributed by atoms with Crippen molar-refractivity contribution in [3.05, 3.63) is 22.8 Å². The minimum atomic E-state index is -0.382. The lowest BCUT2D eigenvalue weighted by molar-refractivity contribution is -0.118. The number of primary amides is 1. The van der Waals surface area contributed by atoms with Gasteiger partial charge in [-0.15, -0.1) is 0 Å². The Morgan fingerprint density at radius 1 is 1.60 bits per heavy atom. The molecule has 0 unspecified atom stereocenters. The Bertz CT molecular complexity index is 348. The van der Waals surface area contributed by atoms with Gasteiger partial charge >= 0.3 is 0 Å². The lowest BCUT2D eigenvalue weighted by Gasteiger charge is -2.25. The van der Waals surface area contributed by atoms with Gasteiger partial charge in [-0.05, 0) is 41.9 Å². The zero-order chi connectivity index (χ0) is 11.5. The van der Waals surface area contributed by atoms with Gasteiger partial charge in [0.05, 0.1) is 0 Å². The molecule has 1 aromatic rings. The maximum Gasteiger partial charge on any atom is 0.219 e. The second-order valence-corrected chi connectivity index (χ2v) is 4.93. The van der Waals surface area contributed by atoms with Crippen LogP contribution in [0.25, 0.3) is 0 Å². The Balaban J connectivity index is 2.68. The number of carbonyl (C=O) groups is 1. The molecule has 1 aromatic heterocycles. The van der Waals surface area contributed by atoms with Gasteiger partial charge in [0.1, 0.15) is 5.82 Å². The number of rotatable bonds is 4. The standard InChI is InChI=1S/C10H14BrN3O/c1-10(2,5-8(12)15)14-9-4-3-7(11)6-13-9/h3-4,6H,5H2,1-2H3,(H2,12,15)(H,13,14). The third-order valence-electron chi connectivity index (χ3n) is 1.81. The van der Waals surface area contributed by atoms with Crippen LogP contribution in [0.4, 0.5) is 5.82 Å². The van der Waals surface area contributed by atoms with Crippen LogP contribution in [0.3, 0.4) is 0 Å². The quantitative estimate of drug-likeness (QED) is 0.879. The summed E-state index contributed by atoms with van der Waals surface area (Å²) in [6, 6.07) is 3.72. The average molecular weight is 272 g/mol. The summed E-state index contributed by atoms with van der Waals surface area (Å²) in [5.41, 5.74) is 4.77. The van der Waals surface area contributed by atoms with Gasteiger partial charge in [-0.2, -0.15) is 0 Å². The number of halogens is 1. The van der Waals surface area contributed by atoms with Gasteiger partial charge < -0.3 is 11.1 Å². The Hall–Kier alpha value is -1.10. The summed E-state index contributed by atoms with van der Waals surface area (Å²) in [6.07, 6.45) is 1.97. The minimum Gasteiger partial charge on any atom is -0.370 e. The molecule has 5 heteroatoms. The Morgan fingerprint density at radius 2 is 2.27 bits per heavy atom. The van der Waals surface area contributed by atoms with Gasteiger partial charge in [0, 0.05) is 22.6 Å². The Morgan fingerprint density at radius 3 is 2.73 bits per heavy atom. The van der Waals surface area contributed by atoms with Gasteiger partial charge in [0.15, 0.2) is 0 Å². The second kappa shape index (κ2) is 4.61. The number of nitrogens with zero attached hydrogens (tertiary/aromatic N) is 1. The van der Waals surface area contributed by atoms with Gasteiger partial charge in [-0.25, -0.2) is 4.98 Å². The normalized spacial score (nSPS) is 11.1. The highest BCUT2D eigenvalue weighted by atomic mass is 79.9. The molecule has 0 aromatic carbocycles. The molecule has 1 amide bonds. The van der Waals surface area contributed by atoms with E-state index in [0.29, 0.717) is 0 Å². The number of carbonyl (C=O) groups excluding carboxylic acids is 1. The number of hydrogen-bond donors (Lipinski definition) is 2. The van der Waals surface area contributed by atoms with Crippen molar-refractivity contribution >= 4 is 27.7 Å². The zero-order valence-electron chi connectivity index (χ0n) is 8.75. The van der Waals surface area contributed by atoms with Crippen molar-refractivity contribution < 1.29 is 4.79 Å². The van der Waals surface area contributed by atoms with Gasteiger partial charge in [0.25, 0.3) is 0 Å². The van der Waals surface area contributed by atoms with E-state index in [0.717, 1.165) is 10.3 Å². The van der Waals surface area contributed by atoms with Crippen molar-refractivity contribution in [2.24, 2.45) is 5.73 Å². The predicted molar refractivity (Wildman–Crippen MR) is 63.5 cm³/mol. The smallest absolute Gasteiger partial charge is 0.219 e. The molecule has 0 radical (unpaired) electrons. The molecule has 3 N–H and O–H groups in total. The highest BCUT2D eigenvalue weighted by Crippen LogP contribution is 2.17. The van der Waals surface area contributed by atoms with Crippen molar-refractivity contribution in [2.45, 2.75) is 25.8 Å². The summed E-state index contributed by atoms with van der Waals surface area (Å²) in [6.45, 7) is 3.81. The topological polar surface area (TPSA) is 68.0 Å². The third kappa shape index (κ3) is 4.29. The lowest BCUT2D eigenvalue weighted by Crippen LogP contribution is -2.36. The molecule has 1 rings (SSSR count). The number of nitrogens with two attached hydrogens (primary N) is 1. The molecule has 1 heterocycles. The Kier molecular flexibility index (Phi) is 3.68. The van der Waals surface area contributed by atoms with Crippen molar-refractivity contribution in [3.8, 4) is 0 Å². The number of hydrogen-bond acceptors (Lipinski definition) is 3. The minimum absolute atomic E-state index is 0.269. The van der Waals surface area contributed by atoms with Crippen molar-refractivity contribution in [1.29, 1.82) is 0 Å². The van der Waals surface area contributed by atoms with Gasteiger partial charge in [-0.1, -0.05) is 0 Å². The predicted octanol–water partition coefficient (Wildman–Crippen LogP) is 1.91. The van der Waals surface area contributed by atoms with Gasteiger partial charge in [-0.3, -0.25) is 4.79 Å². The average Bonchev–Trinajstić information content (AvgIpc) is 2.06. The van der Waals surface area contributed by atoms with Crippen LogP contribution in [-0.2, 0) is 4.79 Å². The number of pyridine rings is 1. The van der Waals surface area contributed by atoms with E-state index in [1.54, 1.807) is 6.20 Å². The number of aromatic nitrogens is 1. The number of nitrogens with one attached hydrogen (secondary N) is 1. The van der Waals surface area contributed by atoms with E-state index in [9.17, 15) is 4.79 Å². The van der Waals surface area contributed by atoms with E-state index in [2.05, 4.69) is 26.2 Å². The van der Waals surface area contributed by atoms with E-state index in [-0.39, 0.29) is 17.9 Å². The van der Waals surface area contributed by atoms with Crippen LogP contribution in [0.2, 0.25) is 0 Å². The van der Waals surface area contributed by atoms with E-state index in [1.165, 1.54) is 0 Å². The van der Waals surface area contributed by atoms with Crippen molar-refractivity contribution in [2.75, 3.05) is 5.32 Å². The summed E-state index contributed by atoms with van der Waals surface area (Å²) in [7, 11) is 0.